The molecule has 0 amide bonds. The van der Waals surface area contributed by atoms with Crippen LogP contribution in [-0.2, 0) is 13.0 Å². The Bertz CT molecular complexity index is 647. The van der Waals surface area contributed by atoms with Crippen molar-refractivity contribution in [3.63, 3.8) is 0 Å². The normalized spacial score (nSPS) is 14.4. The Labute approximate surface area is 129 Å². The van der Waals surface area contributed by atoms with Crippen molar-refractivity contribution in [3.8, 4) is 0 Å². The summed E-state index contributed by atoms with van der Waals surface area (Å²) >= 11 is 1.67. The third-order valence-electron chi connectivity index (χ3n) is 3.70. The van der Waals surface area contributed by atoms with Gasteiger partial charge < -0.3 is 10.2 Å². The number of rotatable bonds is 3. The number of aromatic nitrogens is 1. The van der Waals surface area contributed by atoms with E-state index >= 15 is 0 Å². The Morgan fingerprint density at radius 3 is 3.05 bits per heavy atom. The summed E-state index contributed by atoms with van der Waals surface area (Å²) in [5.74, 6) is 0.968. The molecule has 1 aromatic heterocycles. The first-order valence-corrected chi connectivity index (χ1v) is 8.20. The maximum absolute atomic E-state index is 4.80. The molecule has 0 radical (unpaired) electrons. The predicted molar refractivity (Wildman–Crippen MR) is 89.2 cm³/mol. The minimum Gasteiger partial charge on any atom is -0.356 e. The van der Waals surface area contributed by atoms with Crippen molar-refractivity contribution in [1.29, 1.82) is 0 Å². The van der Waals surface area contributed by atoms with Crippen LogP contribution in [0.3, 0.4) is 0 Å². The zero-order valence-electron chi connectivity index (χ0n) is 12.5. The molecule has 0 fully saturated rings. The Hall–Kier alpha value is -1.88. The SMILES string of the molecule is CCNC(=NCc1scnc1C)N1CCc2ccccc21. The summed E-state index contributed by atoms with van der Waals surface area (Å²) in [5.41, 5.74) is 5.65. The maximum Gasteiger partial charge on any atom is 0.198 e. The van der Waals surface area contributed by atoms with Gasteiger partial charge in [-0.25, -0.2) is 9.98 Å². The fourth-order valence-corrected chi connectivity index (χ4v) is 3.28. The van der Waals surface area contributed by atoms with Crippen LogP contribution in [-0.4, -0.2) is 24.0 Å². The number of fused-ring (bicyclic) bond motifs is 1. The molecule has 0 bridgehead atoms. The van der Waals surface area contributed by atoms with Crippen molar-refractivity contribution in [1.82, 2.24) is 10.3 Å². The van der Waals surface area contributed by atoms with Crippen LogP contribution in [0.5, 0.6) is 0 Å². The van der Waals surface area contributed by atoms with Gasteiger partial charge in [-0.05, 0) is 31.9 Å². The molecule has 4 nitrogen and oxygen atoms in total. The van der Waals surface area contributed by atoms with Gasteiger partial charge in [0, 0.05) is 23.7 Å². The van der Waals surface area contributed by atoms with Crippen LogP contribution >= 0.6 is 11.3 Å². The molecule has 21 heavy (non-hydrogen) atoms. The van der Waals surface area contributed by atoms with Crippen LogP contribution in [0.15, 0.2) is 34.8 Å². The second-order valence-electron chi connectivity index (χ2n) is 5.06. The average Bonchev–Trinajstić information content (AvgIpc) is 3.10. The van der Waals surface area contributed by atoms with Crippen molar-refractivity contribution in [3.05, 3.63) is 45.9 Å². The highest BCUT2D eigenvalue weighted by Gasteiger charge is 2.22. The molecule has 3 rings (SSSR count). The summed E-state index contributed by atoms with van der Waals surface area (Å²) < 4.78 is 0. The van der Waals surface area contributed by atoms with Crippen LogP contribution in [0.1, 0.15) is 23.1 Å². The van der Waals surface area contributed by atoms with Crippen LogP contribution in [0.25, 0.3) is 0 Å². The molecule has 0 saturated heterocycles. The number of nitrogens with one attached hydrogen (secondary N) is 1. The van der Waals surface area contributed by atoms with E-state index in [0.717, 1.165) is 31.2 Å². The summed E-state index contributed by atoms with van der Waals surface area (Å²) in [4.78, 5) is 12.6. The topological polar surface area (TPSA) is 40.5 Å². The first-order chi connectivity index (χ1) is 10.3. The lowest BCUT2D eigenvalue weighted by Crippen LogP contribution is -2.40. The highest BCUT2D eigenvalue weighted by Crippen LogP contribution is 2.27. The molecule has 1 aliphatic heterocycles. The van der Waals surface area contributed by atoms with E-state index in [9.17, 15) is 0 Å². The average molecular weight is 300 g/mol. The van der Waals surface area contributed by atoms with E-state index in [-0.39, 0.29) is 0 Å². The summed E-state index contributed by atoms with van der Waals surface area (Å²) in [6.07, 6.45) is 1.08. The van der Waals surface area contributed by atoms with E-state index in [4.69, 9.17) is 4.99 Å². The number of aryl methyl sites for hydroxylation is 1. The molecule has 110 valence electrons. The van der Waals surface area contributed by atoms with E-state index in [1.165, 1.54) is 16.1 Å². The second kappa shape index (κ2) is 6.26. The van der Waals surface area contributed by atoms with Gasteiger partial charge in [-0.3, -0.25) is 0 Å². The largest absolute Gasteiger partial charge is 0.356 e. The fourth-order valence-electron chi connectivity index (χ4n) is 2.58. The van der Waals surface area contributed by atoms with Crippen LogP contribution < -0.4 is 10.2 Å². The van der Waals surface area contributed by atoms with E-state index < -0.39 is 0 Å². The van der Waals surface area contributed by atoms with Crippen molar-refractivity contribution >= 4 is 23.0 Å². The highest BCUT2D eigenvalue weighted by molar-refractivity contribution is 7.09. The van der Waals surface area contributed by atoms with Gasteiger partial charge in [-0.2, -0.15) is 0 Å². The number of benzene rings is 1. The molecule has 1 N–H and O–H groups in total. The molecule has 0 aliphatic carbocycles. The maximum atomic E-state index is 4.80. The van der Waals surface area contributed by atoms with Gasteiger partial charge in [0.2, 0.25) is 0 Å². The number of hydrogen-bond donors (Lipinski definition) is 1. The molecule has 1 aromatic carbocycles. The Morgan fingerprint density at radius 1 is 1.43 bits per heavy atom. The van der Waals surface area contributed by atoms with E-state index in [2.05, 4.69) is 46.4 Å². The summed E-state index contributed by atoms with van der Waals surface area (Å²) in [6.45, 7) is 6.71. The number of hydrogen-bond acceptors (Lipinski definition) is 3. The standard InChI is InChI=1S/C16H20N4S/c1-3-17-16(18-10-15-12(2)19-11-21-15)20-9-8-13-6-4-5-7-14(13)20/h4-7,11H,3,8-10H2,1-2H3,(H,17,18). The molecule has 2 aromatic rings. The smallest absolute Gasteiger partial charge is 0.198 e. The highest BCUT2D eigenvalue weighted by atomic mass is 32.1. The van der Waals surface area contributed by atoms with Crippen molar-refractivity contribution < 1.29 is 0 Å². The molecule has 0 atom stereocenters. The van der Waals surface area contributed by atoms with Gasteiger partial charge in [-0.15, -0.1) is 11.3 Å². The van der Waals surface area contributed by atoms with Gasteiger partial charge in [0.15, 0.2) is 5.96 Å². The monoisotopic (exact) mass is 300 g/mol. The predicted octanol–water partition coefficient (Wildman–Crippen LogP) is 2.98. The Balaban J connectivity index is 1.84. The van der Waals surface area contributed by atoms with Gasteiger partial charge in [0.25, 0.3) is 0 Å². The fraction of sp³-hybridized carbons (Fsp3) is 0.375. The van der Waals surface area contributed by atoms with Gasteiger partial charge in [-0.1, -0.05) is 18.2 Å². The molecule has 1 aliphatic rings. The molecule has 0 unspecified atom stereocenters. The van der Waals surface area contributed by atoms with Crippen LogP contribution in [0.4, 0.5) is 5.69 Å². The zero-order chi connectivity index (χ0) is 14.7. The van der Waals surface area contributed by atoms with Crippen molar-refractivity contribution in [2.75, 3.05) is 18.0 Å². The van der Waals surface area contributed by atoms with Crippen LogP contribution in [0, 0.1) is 6.92 Å². The van der Waals surface area contributed by atoms with Gasteiger partial charge >= 0.3 is 0 Å². The zero-order valence-corrected chi connectivity index (χ0v) is 13.3. The number of para-hydroxylation sites is 1. The van der Waals surface area contributed by atoms with Crippen LogP contribution in [0.2, 0.25) is 0 Å². The molecular weight excluding hydrogens is 280 g/mol. The second-order valence-corrected chi connectivity index (χ2v) is 6.00. The lowest BCUT2D eigenvalue weighted by Gasteiger charge is -2.22. The third kappa shape index (κ3) is 2.93. The molecule has 0 saturated carbocycles. The quantitative estimate of drug-likeness (QED) is 0.700. The number of nitrogens with zero attached hydrogens (tertiary/aromatic N) is 3. The molecular formula is C16H20N4S. The van der Waals surface area contributed by atoms with E-state index in [1.54, 1.807) is 11.3 Å². The first-order valence-electron chi connectivity index (χ1n) is 7.32. The number of guanidine groups is 1. The lowest BCUT2D eigenvalue weighted by molar-refractivity contribution is 0.883. The summed E-state index contributed by atoms with van der Waals surface area (Å²) in [6, 6.07) is 8.57. The molecule has 5 heteroatoms. The summed E-state index contributed by atoms with van der Waals surface area (Å²) in [7, 11) is 0. The minimum atomic E-state index is 0.692. The minimum absolute atomic E-state index is 0.692. The van der Waals surface area contributed by atoms with E-state index in [0.29, 0.717) is 6.54 Å². The van der Waals surface area contributed by atoms with Crippen molar-refractivity contribution in [2.24, 2.45) is 4.99 Å². The number of thiazole rings is 1. The third-order valence-corrected chi connectivity index (χ3v) is 4.61. The van der Waals surface area contributed by atoms with Gasteiger partial charge in [0.05, 0.1) is 17.7 Å². The van der Waals surface area contributed by atoms with Gasteiger partial charge in [0.1, 0.15) is 0 Å². The Kier molecular flexibility index (Phi) is 4.20. The Morgan fingerprint density at radius 2 is 2.29 bits per heavy atom. The first kappa shape index (κ1) is 14.1. The summed E-state index contributed by atoms with van der Waals surface area (Å²) in [5, 5.41) is 3.41. The number of anilines is 1. The molecule has 0 spiro atoms. The lowest BCUT2D eigenvalue weighted by atomic mass is 10.2. The molecule has 2 heterocycles. The van der Waals surface area contributed by atoms with E-state index in [1.807, 2.05) is 12.4 Å². The van der Waals surface area contributed by atoms with Crippen molar-refractivity contribution in [2.45, 2.75) is 26.8 Å². The number of aliphatic imine (C=N–C) groups is 1.